The summed E-state index contributed by atoms with van der Waals surface area (Å²) in [6.07, 6.45) is 0. The number of hydrogen-bond acceptors (Lipinski definition) is 4. The van der Waals surface area contributed by atoms with Crippen molar-refractivity contribution in [2.24, 2.45) is 0 Å². The third-order valence-corrected chi connectivity index (χ3v) is 4.30. The number of hydrogen-bond donors (Lipinski definition) is 2. The van der Waals surface area contributed by atoms with E-state index in [2.05, 4.69) is 10.6 Å². The number of aryl methyl sites for hydroxylation is 2. The first kappa shape index (κ1) is 21.0. The number of ether oxygens (including phenoxy) is 1. The molecule has 2 rings (SSSR count). The molecule has 0 radical (unpaired) electrons. The van der Waals surface area contributed by atoms with Gasteiger partial charge in [-0.1, -0.05) is 30.3 Å². The Kier molecular flexibility index (Phi) is 7.14. The van der Waals surface area contributed by atoms with Crippen molar-refractivity contribution in [3.8, 4) is 5.75 Å². The number of carbonyl (C=O) groups is 3. The summed E-state index contributed by atoms with van der Waals surface area (Å²) in [5.74, 6) is -0.669. The van der Waals surface area contributed by atoms with E-state index in [9.17, 15) is 14.4 Å². The van der Waals surface area contributed by atoms with E-state index >= 15 is 0 Å². The molecule has 0 spiro atoms. The highest BCUT2D eigenvalue weighted by atomic mass is 16.5. The fourth-order valence-electron chi connectivity index (χ4n) is 2.71. The van der Waals surface area contributed by atoms with Crippen LogP contribution in [0.15, 0.2) is 42.5 Å². The first-order valence-corrected chi connectivity index (χ1v) is 8.84. The van der Waals surface area contributed by atoms with Crippen LogP contribution in [0, 0.1) is 13.8 Å². The van der Waals surface area contributed by atoms with E-state index in [0.717, 1.165) is 16.8 Å². The molecule has 2 N–H and O–H groups in total. The van der Waals surface area contributed by atoms with Crippen LogP contribution in [-0.4, -0.2) is 49.9 Å². The number of nitrogens with zero attached hydrogens (tertiary/aromatic N) is 1. The quantitative estimate of drug-likeness (QED) is 0.767. The van der Waals surface area contributed by atoms with Crippen molar-refractivity contribution in [2.45, 2.75) is 13.8 Å². The van der Waals surface area contributed by atoms with Crippen LogP contribution >= 0.6 is 0 Å². The van der Waals surface area contributed by atoms with Gasteiger partial charge in [-0.05, 0) is 37.1 Å². The Hall–Kier alpha value is -3.35. The lowest BCUT2D eigenvalue weighted by atomic mass is 10.1. The van der Waals surface area contributed by atoms with Crippen LogP contribution in [0.1, 0.15) is 21.5 Å². The fourth-order valence-corrected chi connectivity index (χ4v) is 2.71. The van der Waals surface area contributed by atoms with Crippen LogP contribution in [0.2, 0.25) is 0 Å². The smallest absolute Gasteiger partial charge is 0.255 e. The first-order valence-electron chi connectivity index (χ1n) is 8.84. The molecule has 0 aliphatic carbocycles. The number of benzene rings is 2. The highest BCUT2D eigenvalue weighted by Gasteiger charge is 2.17. The second-order valence-electron chi connectivity index (χ2n) is 6.45. The monoisotopic (exact) mass is 383 g/mol. The van der Waals surface area contributed by atoms with E-state index in [4.69, 9.17) is 4.74 Å². The highest BCUT2D eigenvalue weighted by molar-refractivity contribution is 5.99. The number of rotatable bonds is 7. The molecule has 0 aliphatic heterocycles. The van der Waals surface area contributed by atoms with Crippen LogP contribution < -0.4 is 15.4 Å². The normalized spacial score (nSPS) is 10.1. The summed E-state index contributed by atoms with van der Waals surface area (Å²) in [6.45, 7) is 3.48. The number of nitrogens with one attached hydrogen (secondary N) is 2. The maximum atomic E-state index is 12.3. The average Bonchev–Trinajstić information content (AvgIpc) is 2.68. The summed E-state index contributed by atoms with van der Waals surface area (Å²) in [5, 5.41) is 5.39. The van der Waals surface area contributed by atoms with Crippen molar-refractivity contribution < 1.29 is 19.1 Å². The number of carbonyl (C=O) groups excluding carboxylic acids is 3. The van der Waals surface area contributed by atoms with Gasteiger partial charge in [0, 0.05) is 12.7 Å². The summed E-state index contributed by atoms with van der Waals surface area (Å²) in [4.78, 5) is 38.0. The number of anilines is 1. The van der Waals surface area contributed by atoms with Gasteiger partial charge in [0.05, 0.1) is 25.8 Å². The Morgan fingerprint density at radius 2 is 1.64 bits per heavy atom. The summed E-state index contributed by atoms with van der Waals surface area (Å²) < 4.78 is 5.14. The molecule has 7 heteroatoms. The van der Waals surface area contributed by atoms with Crippen molar-refractivity contribution in [2.75, 3.05) is 32.6 Å². The molecule has 2 aromatic rings. The number of methoxy groups -OCH3 is 1. The van der Waals surface area contributed by atoms with E-state index < -0.39 is 5.91 Å². The molecule has 3 amide bonds. The van der Waals surface area contributed by atoms with Crippen molar-refractivity contribution in [3.63, 3.8) is 0 Å². The molecule has 0 aliphatic rings. The summed E-state index contributed by atoms with van der Waals surface area (Å²) in [7, 11) is 2.99. The summed E-state index contributed by atoms with van der Waals surface area (Å²) in [6, 6.07) is 12.5. The molecule has 0 heterocycles. The molecule has 0 saturated carbocycles. The lowest BCUT2D eigenvalue weighted by Crippen LogP contribution is -2.41. The third kappa shape index (κ3) is 5.33. The van der Waals surface area contributed by atoms with Gasteiger partial charge in [-0.15, -0.1) is 0 Å². The second-order valence-corrected chi connectivity index (χ2v) is 6.45. The van der Waals surface area contributed by atoms with Gasteiger partial charge in [0.15, 0.2) is 0 Å². The molecule has 0 fully saturated rings. The molecule has 0 saturated heterocycles. The van der Waals surface area contributed by atoms with Gasteiger partial charge in [0.25, 0.3) is 5.91 Å². The van der Waals surface area contributed by atoms with Crippen LogP contribution in [0.5, 0.6) is 5.75 Å². The molecular weight excluding hydrogens is 358 g/mol. The fraction of sp³-hybridized carbons (Fsp3) is 0.286. The lowest BCUT2D eigenvalue weighted by Gasteiger charge is -2.18. The standard InChI is InChI=1S/C21H25N3O4/c1-14-8-7-9-15(2)20(14)23-18(25)13-24(3)19(26)12-22-21(27)16-10-5-6-11-17(16)28-4/h5-11H,12-13H2,1-4H3,(H,22,27)(H,23,25). The summed E-state index contributed by atoms with van der Waals surface area (Å²) >= 11 is 0. The molecule has 2 aromatic carbocycles. The van der Waals surface area contributed by atoms with Crippen molar-refractivity contribution in [1.29, 1.82) is 0 Å². The second kappa shape index (κ2) is 9.55. The van der Waals surface area contributed by atoms with E-state index in [1.165, 1.54) is 19.1 Å². The van der Waals surface area contributed by atoms with Crippen LogP contribution in [0.3, 0.4) is 0 Å². The number of likely N-dealkylation sites (N-methyl/N-ethyl adjacent to an activating group) is 1. The highest BCUT2D eigenvalue weighted by Crippen LogP contribution is 2.19. The minimum atomic E-state index is -0.417. The molecule has 0 bridgehead atoms. The zero-order chi connectivity index (χ0) is 20.7. The van der Waals surface area contributed by atoms with Crippen molar-refractivity contribution in [1.82, 2.24) is 10.2 Å². The van der Waals surface area contributed by atoms with Gasteiger partial charge in [-0.25, -0.2) is 0 Å². The molecule has 7 nitrogen and oxygen atoms in total. The lowest BCUT2D eigenvalue weighted by molar-refractivity contribution is -0.132. The molecule has 0 aromatic heterocycles. The Bertz CT molecular complexity index is 859. The topological polar surface area (TPSA) is 87.7 Å². The van der Waals surface area contributed by atoms with Gasteiger partial charge in [-0.2, -0.15) is 0 Å². The van der Waals surface area contributed by atoms with Crippen molar-refractivity contribution >= 4 is 23.4 Å². The van der Waals surface area contributed by atoms with Gasteiger partial charge in [0.1, 0.15) is 5.75 Å². The van der Waals surface area contributed by atoms with Gasteiger partial charge in [0.2, 0.25) is 11.8 Å². The average molecular weight is 383 g/mol. The molecule has 148 valence electrons. The molecule has 0 unspecified atom stereocenters. The largest absolute Gasteiger partial charge is 0.496 e. The van der Waals surface area contributed by atoms with Crippen LogP contribution in [-0.2, 0) is 9.59 Å². The zero-order valence-corrected chi connectivity index (χ0v) is 16.5. The minimum Gasteiger partial charge on any atom is -0.496 e. The van der Waals surface area contributed by atoms with Gasteiger partial charge in [-0.3, -0.25) is 14.4 Å². The maximum Gasteiger partial charge on any atom is 0.255 e. The van der Waals surface area contributed by atoms with E-state index in [1.54, 1.807) is 24.3 Å². The summed E-state index contributed by atoms with van der Waals surface area (Å²) in [5.41, 5.74) is 2.99. The predicted molar refractivity (Wildman–Crippen MR) is 108 cm³/mol. The van der Waals surface area contributed by atoms with Crippen LogP contribution in [0.25, 0.3) is 0 Å². The molecule has 28 heavy (non-hydrogen) atoms. The molecular formula is C21H25N3O4. The zero-order valence-electron chi connectivity index (χ0n) is 16.5. The van der Waals surface area contributed by atoms with E-state index in [-0.39, 0.29) is 24.9 Å². The Morgan fingerprint density at radius 3 is 2.29 bits per heavy atom. The molecule has 0 atom stereocenters. The number of amides is 3. The third-order valence-electron chi connectivity index (χ3n) is 4.30. The number of para-hydroxylation sites is 2. The SMILES string of the molecule is COc1ccccc1C(=O)NCC(=O)N(C)CC(=O)Nc1c(C)cccc1C. The Balaban J connectivity index is 1.88. The van der Waals surface area contributed by atoms with Gasteiger partial charge < -0.3 is 20.3 Å². The van der Waals surface area contributed by atoms with Crippen molar-refractivity contribution in [3.05, 3.63) is 59.2 Å². The van der Waals surface area contributed by atoms with E-state index in [1.807, 2.05) is 32.0 Å². The predicted octanol–water partition coefficient (Wildman–Crippen LogP) is 2.14. The Labute approximate surface area is 164 Å². The Morgan fingerprint density at radius 1 is 1.00 bits per heavy atom. The van der Waals surface area contributed by atoms with E-state index in [0.29, 0.717) is 11.3 Å². The van der Waals surface area contributed by atoms with Crippen LogP contribution in [0.4, 0.5) is 5.69 Å². The maximum absolute atomic E-state index is 12.3. The van der Waals surface area contributed by atoms with Gasteiger partial charge >= 0.3 is 0 Å². The first-order chi connectivity index (χ1) is 13.3. The minimum absolute atomic E-state index is 0.114.